The minimum atomic E-state index is 0.626. The number of hydrogen-bond acceptors (Lipinski definition) is 3. The minimum absolute atomic E-state index is 0.626. The second-order valence-electron chi connectivity index (χ2n) is 14.3. The van der Waals surface area contributed by atoms with Crippen LogP contribution in [-0.2, 0) is 0 Å². The van der Waals surface area contributed by atoms with Gasteiger partial charge in [-0.1, -0.05) is 164 Å². The van der Waals surface area contributed by atoms with E-state index < -0.39 is 0 Å². The molecular weight excluding hydrogens is 681 g/mol. The van der Waals surface area contributed by atoms with Gasteiger partial charge >= 0.3 is 0 Å². The zero-order valence-corrected chi connectivity index (χ0v) is 30.4. The molecule has 0 amide bonds. The van der Waals surface area contributed by atoms with Crippen molar-refractivity contribution >= 4 is 71.3 Å². The van der Waals surface area contributed by atoms with Gasteiger partial charge in [0.2, 0.25) is 5.89 Å². The van der Waals surface area contributed by atoms with Crippen molar-refractivity contribution in [2.24, 2.45) is 0 Å². The van der Waals surface area contributed by atoms with Crippen molar-refractivity contribution in [2.45, 2.75) is 0 Å². The van der Waals surface area contributed by atoms with Crippen LogP contribution in [0.25, 0.3) is 87.9 Å². The molecule has 1 heterocycles. The van der Waals surface area contributed by atoms with Crippen molar-refractivity contribution in [3.8, 4) is 33.7 Å². The Labute approximate surface area is 324 Å². The fourth-order valence-electron chi connectivity index (χ4n) is 8.49. The molecule has 0 radical (unpaired) electrons. The van der Waals surface area contributed by atoms with Gasteiger partial charge in [-0.15, -0.1) is 0 Å². The highest BCUT2D eigenvalue weighted by Crippen LogP contribution is 2.47. The average Bonchev–Trinajstić information content (AvgIpc) is 3.72. The van der Waals surface area contributed by atoms with Crippen molar-refractivity contribution in [2.75, 3.05) is 4.90 Å². The Morgan fingerprint density at radius 1 is 0.375 bits per heavy atom. The first-order valence-electron chi connectivity index (χ1n) is 19.0. The van der Waals surface area contributed by atoms with Gasteiger partial charge in [-0.05, 0) is 86.1 Å². The first-order valence-corrected chi connectivity index (χ1v) is 19.0. The molecule has 0 bridgehead atoms. The molecule has 0 saturated carbocycles. The summed E-state index contributed by atoms with van der Waals surface area (Å²) in [6, 6.07) is 73.6. The van der Waals surface area contributed by atoms with Crippen molar-refractivity contribution in [3.05, 3.63) is 206 Å². The van der Waals surface area contributed by atoms with Gasteiger partial charge in [0.15, 0.2) is 5.58 Å². The molecule has 3 nitrogen and oxygen atoms in total. The maximum Gasteiger partial charge on any atom is 0.227 e. The first-order chi connectivity index (χ1) is 27.8. The normalized spacial score (nSPS) is 11.6. The summed E-state index contributed by atoms with van der Waals surface area (Å²) < 4.78 is 6.67. The van der Waals surface area contributed by atoms with Crippen LogP contribution in [0.2, 0.25) is 0 Å². The van der Waals surface area contributed by atoms with Gasteiger partial charge in [0, 0.05) is 33.0 Å². The number of benzene rings is 10. The van der Waals surface area contributed by atoms with Crippen LogP contribution in [0.5, 0.6) is 0 Å². The minimum Gasteiger partial charge on any atom is -0.435 e. The number of rotatable bonds is 6. The maximum atomic E-state index is 6.67. The summed E-state index contributed by atoms with van der Waals surface area (Å²) in [5.41, 5.74) is 10.6. The van der Waals surface area contributed by atoms with Crippen molar-refractivity contribution in [3.63, 3.8) is 0 Å². The third kappa shape index (κ3) is 5.25. The standard InChI is InChI=1S/C53H34N2O/c1-3-14-36(15-4-1)44-23-9-10-26-48(44)55(41-21-11-20-40(34-41)43-24-12-19-35-16-7-8-22-42(35)43)49-27-13-25-46-45(49)32-30-37-28-29-38-31-33-47-52(51(38)50(37)46)56-53(54-47)39-17-5-2-6-18-39/h1-34H. The van der Waals surface area contributed by atoms with Gasteiger partial charge in [0.1, 0.15) is 5.52 Å². The average molecular weight is 715 g/mol. The third-order valence-electron chi connectivity index (χ3n) is 11.0. The van der Waals surface area contributed by atoms with E-state index in [4.69, 9.17) is 9.40 Å². The molecule has 262 valence electrons. The largest absolute Gasteiger partial charge is 0.435 e. The molecule has 1 aromatic heterocycles. The van der Waals surface area contributed by atoms with E-state index in [0.29, 0.717) is 5.89 Å². The number of anilines is 3. The highest BCUT2D eigenvalue weighted by molar-refractivity contribution is 6.27. The van der Waals surface area contributed by atoms with Crippen LogP contribution >= 0.6 is 0 Å². The lowest BCUT2D eigenvalue weighted by atomic mass is 9.94. The van der Waals surface area contributed by atoms with Crippen LogP contribution in [0.15, 0.2) is 211 Å². The highest BCUT2D eigenvalue weighted by Gasteiger charge is 2.22. The quantitative estimate of drug-likeness (QED) is 0.161. The van der Waals surface area contributed by atoms with Crippen molar-refractivity contribution in [1.82, 2.24) is 4.98 Å². The second-order valence-corrected chi connectivity index (χ2v) is 14.3. The summed E-state index contributed by atoms with van der Waals surface area (Å²) in [5.74, 6) is 0.626. The van der Waals surface area contributed by atoms with E-state index in [0.717, 1.165) is 77.2 Å². The number of aromatic nitrogens is 1. The van der Waals surface area contributed by atoms with Crippen LogP contribution in [0, 0.1) is 0 Å². The Bertz CT molecular complexity index is 3250. The summed E-state index contributed by atoms with van der Waals surface area (Å²) in [4.78, 5) is 7.40. The molecule has 0 N–H and O–H groups in total. The topological polar surface area (TPSA) is 29.3 Å². The molecule has 0 aliphatic rings. The van der Waals surface area contributed by atoms with Gasteiger partial charge in [-0.2, -0.15) is 0 Å². The van der Waals surface area contributed by atoms with E-state index in [1.807, 2.05) is 30.3 Å². The summed E-state index contributed by atoms with van der Waals surface area (Å²) in [6.07, 6.45) is 0. The van der Waals surface area contributed by atoms with Gasteiger partial charge in [-0.3, -0.25) is 0 Å². The molecule has 0 fully saturated rings. The van der Waals surface area contributed by atoms with Gasteiger partial charge in [-0.25, -0.2) is 4.98 Å². The van der Waals surface area contributed by atoms with Crippen LogP contribution in [0.3, 0.4) is 0 Å². The fourth-order valence-corrected chi connectivity index (χ4v) is 8.49. The Hall–Kier alpha value is -7.49. The van der Waals surface area contributed by atoms with Crippen LogP contribution in [0.1, 0.15) is 0 Å². The molecule has 0 aliphatic carbocycles. The number of hydrogen-bond donors (Lipinski definition) is 0. The molecule has 56 heavy (non-hydrogen) atoms. The number of oxazole rings is 1. The summed E-state index contributed by atoms with van der Waals surface area (Å²) >= 11 is 0. The third-order valence-corrected chi connectivity index (χ3v) is 11.0. The second kappa shape index (κ2) is 13.1. The SMILES string of the molecule is c1ccc(-c2nc3ccc4ccc5ccc6c(N(c7cccc(-c8cccc9ccccc89)c7)c7ccccc7-c7ccccc7)cccc6c5c4c3o2)cc1. The molecular formula is C53H34N2O. The molecule has 0 saturated heterocycles. The number of fused-ring (bicyclic) bond motifs is 8. The maximum absolute atomic E-state index is 6.67. The molecule has 10 aromatic carbocycles. The summed E-state index contributed by atoms with van der Waals surface area (Å²) in [6.45, 7) is 0. The lowest BCUT2D eigenvalue weighted by molar-refractivity contribution is 0.623. The van der Waals surface area contributed by atoms with Crippen LogP contribution in [-0.4, -0.2) is 4.98 Å². The Balaban J connectivity index is 1.19. The van der Waals surface area contributed by atoms with E-state index in [1.165, 1.54) is 21.9 Å². The van der Waals surface area contributed by atoms with Gasteiger partial charge in [0.25, 0.3) is 0 Å². The monoisotopic (exact) mass is 714 g/mol. The lowest BCUT2D eigenvalue weighted by Crippen LogP contribution is -2.12. The van der Waals surface area contributed by atoms with Gasteiger partial charge < -0.3 is 9.32 Å². The first kappa shape index (κ1) is 32.0. The lowest BCUT2D eigenvalue weighted by Gasteiger charge is -2.29. The van der Waals surface area contributed by atoms with Gasteiger partial charge in [0.05, 0.1) is 11.4 Å². The molecule has 0 spiro atoms. The van der Waals surface area contributed by atoms with E-state index in [9.17, 15) is 0 Å². The Kier molecular flexibility index (Phi) is 7.49. The summed E-state index contributed by atoms with van der Waals surface area (Å²) in [7, 11) is 0. The molecule has 11 aromatic rings. The van der Waals surface area contributed by atoms with E-state index >= 15 is 0 Å². The zero-order chi connectivity index (χ0) is 37.0. The van der Waals surface area contributed by atoms with E-state index in [2.05, 4.69) is 181 Å². The molecule has 0 atom stereocenters. The van der Waals surface area contributed by atoms with E-state index in [1.54, 1.807) is 0 Å². The predicted molar refractivity (Wildman–Crippen MR) is 235 cm³/mol. The Morgan fingerprint density at radius 3 is 1.86 bits per heavy atom. The van der Waals surface area contributed by atoms with E-state index in [-0.39, 0.29) is 0 Å². The predicted octanol–water partition coefficient (Wildman–Crippen LogP) is 14.9. The Morgan fingerprint density at radius 2 is 0.982 bits per heavy atom. The number of nitrogens with zero attached hydrogens (tertiary/aromatic N) is 2. The van der Waals surface area contributed by atoms with Crippen LogP contribution in [0.4, 0.5) is 17.1 Å². The van der Waals surface area contributed by atoms with Crippen molar-refractivity contribution < 1.29 is 4.42 Å². The summed E-state index contributed by atoms with van der Waals surface area (Å²) in [5, 5.41) is 9.27. The van der Waals surface area contributed by atoms with Crippen LogP contribution < -0.4 is 4.90 Å². The molecule has 3 heteroatoms. The van der Waals surface area contributed by atoms with Crippen molar-refractivity contribution in [1.29, 1.82) is 0 Å². The number of para-hydroxylation sites is 1. The fraction of sp³-hybridized carbons (Fsp3) is 0. The molecule has 11 rings (SSSR count). The highest BCUT2D eigenvalue weighted by atomic mass is 16.3. The zero-order valence-electron chi connectivity index (χ0n) is 30.4. The molecule has 0 unspecified atom stereocenters. The molecule has 0 aliphatic heterocycles. The smallest absolute Gasteiger partial charge is 0.227 e.